The number of hydrogen-bond donors (Lipinski definition) is 0. The van der Waals surface area contributed by atoms with Gasteiger partial charge in [0.15, 0.2) is 17.1 Å². The van der Waals surface area contributed by atoms with Crippen LogP contribution in [0, 0.1) is 5.82 Å². The molecule has 1 aromatic carbocycles. The fraction of sp³-hybridized carbons (Fsp3) is 0.273. The fourth-order valence-electron chi connectivity index (χ4n) is 4.20. The molecule has 0 unspecified atom stereocenters. The Labute approximate surface area is 198 Å². The third-order valence-corrected chi connectivity index (χ3v) is 7.73. The number of ether oxygens (including phenoxy) is 1. The molecule has 0 spiro atoms. The summed E-state index contributed by atoms with van der Waals surface area (Å²) in [5.41, 5.74) is 1.09. The summed E-state index contributed by atoms with van der Waals surface area (Å²) in [5.74, 6) is -0.313. The van der Waals surface area contributed by atoms with E-state index in [-0.39, 0.29) is 35.3 Å². The molecular formula is C22H19F3N6O3S. The Hall–Kier alpha value is -3.58. The van der Waals surface area contributed by atoms with Gasteiger partial charge in [-0.15, -0.1) is 0 Å². The number of benzene rings is 1. The lowest BCUT2D eigenvalue weighted by atomic mass is 10.1. The summed E-state index contributed by atoms with van der Waals surface area (Å²) in [4.78, 5) is 16.9. The Kier molecular flexibility index (Phi) is 6.11. The predicted octanol–water partition coefficient (Wildman–Crippen LogP) is 3.65. The van der Waals surface area contributed by atoms with Gasteiger partial charge < -0.3 is 9.30 Å². The number of imidazole rings is 1. The van der Waals surface area contributed by atoms with Gasteiger partial charge in [0.1, 0.15) is 11.6 Å². The van der Waals surface area contributed by atoms with Gasteiger partial charge in [-0.2, -0.15) is 13.1 Å². The van der Waals surface area contributed by atoms with Crippen molar-refractivity contribution in [3.8, 4) is 17.1 Å². The lowest BCUT2D eigenvalue weighted by molar-refractivity contribution is -0.0498. The van der Waals surface area contributed by atoms with E-state index < -0.39 is 22.5 Å². The topological polar surface area (TPSA) is 103 Å². The summed E-state index contributed by atoms with van der Waals surface area (Å²) in [5, 5.41) is 0. The SMILES string of the molecule is O=S(=O)(c1ccc(OC(F)F)cc1)N1CCC(n2c(-c3ccncc3F)nc3nccnc32)CC1. The molecule has 0 saturated carbocycles. The average Bonchev–Trinajstić information content (AvgIpc) is 3.24. The number of aromatic nitrogens is 5. The first-order valence-electron chi connectivity index (χ1n) is 10.7. The van der Waals surface area contributed by atoms with Gasteiger partial charge in [0.2, 0.25) is 10.0 Å². The number of piperidine rings is 1. The van der Waals surface area contributed by atoms with E-state index >= 15 is 0 Å². The Morgan fingerprint density at radius 3 is 2.40 bits per heavy atom. The smallest absolute Gasteiger partial charge is 0.387 e. The molecular weight excluding hydrogens is 485 g/mol. The van der Waals surface area contributed by atoms with Crippen molar-refractivity contribution < 1.29 is 26.3 Å². The van der Waals surface area contributed by atoms with Crippen LogP contribution in [-0.4, -0.2) is 56.9 Å². The minimum Gasteiger partial charge on any atom is -0.435 e. The summed E-state index contributed by atoms with van der Waals surface area (Å²) in [6.07, 6.45) is 6.44. The highest BCUT2D eigenvalue weighted by Gasteiger charge is 2.32. The quantitative estimate of drug-likeness (QED) is 0.395. The number of halogens is 3. The molecule has 1 aliphatic heterocycles. The largest absolute Gasteiger partial charge is 0.435 e. The molecule has 4 aromatic rings. The van der Waals surface area contributed by atoms with E-state index in [1.165, 1.54) is 53.2 Å². The number of alkyl halides is 2. The van der Waals surface area contributed by atoms with Crippen LogP contribution in [0.5, 0.6) is 5.75 Å². The lowest BCUT2D eigenvalue weighted by Gasteiger charge is -2.32. The molecule has 1 aliphatic rings. The van der Waals surface area contributed by atoms with E-state index in [1.807, 2.05) is 0 Å². The van der Waals surface area contributed by atoms with Crippen molar-refractivity contribution in [2.24, 2.45) is 0 Å². The summed E-state index contributed by atoms with van der Waals surface area (Å²) < 4.78 is 72.9. The highest BCUT2D eigenvalue weighted by molar-refractivity contribution is 7.89. The fourth-order valence-corrected chi connectivity index (χ4v) is 5.67. The van der Waals surface area contributed by atoms with Gasteiger partial charge in [-0.05, 0) is 43.2 Å². The van der Waals surface area contributed by atoms with Crippen LogP contribution >= 0.6 is 0 Å². The van der Waals surface area contributed by atoms with E-state index in [9.17, 15) is 21.6 Å². The van der Waals surface area contributed by atoms with E-state index in [0.29, 0.717) is 30.0 Å². The van der Waals surface area contributed by atoms with Crippen molar-refractivity contribution in [2.75, 3.05) is 13.1 Å². The van der Waals surface area contributed by atoms with E-state index in [0.717, 1.165) is 6.20 Å². The highest BCUT2D eigenvalue weighted by Crippen LogP contribution is 2.34. The second-order valence-electron chi connectivity index (χ2n) is 7.85. The maximum absolute atomic E-state index is 14.6. The van der Waals surface area contributed by atoms with Gasteiger partial charge in [0.25, 0.3) is 0 Å². The normalized spacial score (nSPS) is 15.7. The maximum Gasteiger partial charge on any atom is 0.387 e. The van der Waals surface area contributed by atoms with Gasteiger partial charge in [-0.25, -0.2) is 27.8 Å². The minimum atomic E-state index is -3.84. The Balaban J connectivity index is 1.40. The first-order chi connectivity index (χ1) is 16.8. The number of nitrogens with zero attached hydrogens (tertiary/aromatic N) is 6. The minimum absolute atomic E-state index is 0.0175. The second-order valence-corrected chi connectivity index (χ2v) is 9.79. The highest BCUT2D eigenvalue weighted by atomic mass is 32.2. The van der Waals surface area contributed by atoms with Crippen molar-refractivity contribution in [3.05, 3.63) is 60.9 Å². The summed E-state index contributed by atoms with van der Waals surface area (Å²) >= 11 is 0. The van der Waals surface area contributed by atoms with Crippen LogP contribution in [0.4, 0.5) is 13.2 Å². The standard InChI is InChI=1S/C22H19F3N6O3S/c23-18-13-26-8-5-17(18)20-29-19-21(28-10-9-27-19)31(20)14-6-11-30(12-7-14)35(32,33)16-3-1-15(2-4-16)34-22(24)25/h1-5,8-10,13-14,22H,6-7,11-12H2. The van der Waals surface area contributed by atoms with E-state index in [4.69, 9.17) is 0 Å². The van der Waals surface area contributed by atoms with Crippen molar-refractivity contribution in [1.82, 2.24) is 28.8 Å². The van der Waals surface area contributed by atoms with Crippen LogP contribution in [0.3, 0.4) is 0 Å². The summed E-state index contributed by atoms with van der Waals surface area (Å²) in [6, 6.07) is 6.18. The Morgan fingerprint density at radius 2 is 1.71 bits per heavy atom. The Bertz CT molecular complexity index is 1460. The molecule has 1 fully saturated rings. The van der Waals surface area contributed by atoms with Gasteiger partial charge >= 0.3 is 6.61 Å². The van der Waals surface area contributed by atoms with Crippen molar-refractivity contribution >= 4 is 21.3 Å². The molecule has 0 radical (unpaired) electrons. The summed E-state index contributed by atoms with van der Waals surface area (Å²) in [7, 11) is -3.84. The third kappa shape index (κ3) is 4.44. The molecule has 0 amide bonds. The number of hydrogen-bond acceptors (Lipinski definition) is 7. The van der Waals surface area contributed by atoms with Gasteiger partial charge in [0, 0.05) is 37.7 Å². The zero-order chi connectivity index (χ0) is 24.6. The zero-order valence-corrected chi connectivity index (χ0v) is 18.9. The first kappa shape index (κ1) is 23.2. The van der Waals surface area contributed by atoms with Crippen LogP contribution in [-0.2, 0) is 10.0 Å². The van der Waals surface area contributed by atoms with Crippen LogP contribution in [0.25, 0.3) is 22.7 Å². The number of fused-ring (bicyclic) bond motifs is 1. The van der Waals surface area contributed by atoms with Crippen molar-refractivity contribution in [1.29, 1.82) is 0 Å². The molecule has 0 atom stereocenters. The monoisotopic (exact) mass is 504 g/mol. The van der Waals surface area contributed by atoms with E-state index in [2.05, 4.69) is 24.7 Å². The average molecular weight is 504 g/mol. The van der Waals surface area contributed by atoms with Gasteiger partial charge in [0.05, 0.1) is 16.7 Å². The Morgan fingerprint density at radius 1 is 1.00 bits per heavy atom. The molecule has 13 heteroatoms. The van der Waals surface area contributed by atoms with Crippen LogP contribution in [0.2, 0.25) is 0 Å². The summed E-state index contributed by atoms with van der Waals surface area (Å²) in [6.45, 7) is -2.60. The molecule has 0 bridgehead atoms. The second kappa shape index (κ2) is 9.23. The molecule has 3 aromatic heterocycles. The van der Waals surface area contributed by atoms with Crippen LogP contribution in [0.15, 0.2) is 60.0 Å². The maximum atomic E-state index is 14.6. The van der Waals surface area contributed by atoms with Crippen LogP contribution in [0.1, 0.15) is 18.9 Å². The molecule has 1 saturated heterocycles. The zero-order valence-electron chi connectivity index (χ0n) is 18.1. The van der Waals surface area contributed by atoms with Crippen LogP contribution < -0.4 is 4.74 Å². The van der Waals surface area contributed by atoms with Gasteiger partial charge in [-0.1, -0.05) is 0 Å². The molecule has 182 valence electrons. The van der Waals surface area contributed by atoms with Crippen molar-refractivity contribution in [3.63, 3.8) is 0 Å². The number of rotatable bonds is 6. The third-order valence-electron chi connectivity index (χ3n) is 5.82. The van der Waals surface area contributed by atoms with Gasteiger partial charge in [-0.3, -0.25) is 4.98 Å². The molecule has 4 heterocycles. The predicted molar refractivity (Wildman–Crippen MR) is 119 cm³/mol. The molecule has 9 nitrogen and oxygen atoms in total. The van der Waals surface area contributed by atoms with Crippen molar-refractivity contribution in [2.45, 2.75) is 30.4 Å². The number of sulfonamides is 1. The first-order valence-corrected chi connectivity index (χ1v) is 12.1. The molecule has 5 rings (SSSR count). The lowest BCUT2D eigenvalue weighted by Crippen LogP contribution is -2.39. The molecule has 0 N–H and O–H groups in total. The van der Waals surface area contributed by atoms with E-state index in [1.54, 1.807) is 4.57 Å². The molecule has 35 heavy (non-hydrogen) atoms. The molecule has 0 aliphatic carbocycles. The number of pyridine rings is 1.